The molecule has 1 aliphatic carbocycles. The van der Waals surface area contributed by atoms with E-state index in [4.69, 9.17) is 28.4 Å². The standard InChI is InChI=1S/C32H38O10/c1-19-11-9-17-31(39-19)32(18-10-12-20(2)40-32)42-28-26(38-30(36)22-15-7-4-8-16-22)24(34)23(33)25(27(28)41-31)37-29(35)21-13-5-3-6-14-21/h3-8,13-16,19-20,23-28,33-34H,9-12,17-18H2,1-2H3/t19-,20-,23-,24-,25-,26+,27-,28-,31+,32+/m0/s1. The minimum absolute atomic E-state index is 0.173. The Morgan fingerprint density at radius 1 is 0.667 bits per heavy atom. The van der Waals surface area contributed by atoms with E-state index in [9.17, 15) is 19.8 Å². The quantitative estimate of drug-likeness (QED) is 0.517. The first-order valence-electron chi connectivity index (χ1n) is 14.8. The topological polar surface area (TPSA) is 130 Å². The number of hydrogen-bond acceptors (Lipinski definition) is 10. The van der Waals surface area contributed by atoms with Crippen LogP contribution in [0.15, 0.2) is 60.7 Å². The van der Waals surface area contributed by atoms with E-state index in [1.165, 1.54) is 0 Å². The zero-order valence-corrected chi connectivity index (χ0v) is 23.8. The zero-order chi connectivity index (χ0) is 29.5. The van der Waals surface area contributed by atoms with E-state index in [0.29, 0.717) is 12.8 Å². The van der Waals surface area contributed by atoms with Gasteiger partial charge < -0.3 is 38.6 Å². The first kappa shape index (κ1) is 29.2. The van der Waals surface area contributed by atoms with Gasteiger partial charge in [-0.05, 0) is 63.8 Å². The van der Waals surface area contributed by atoms with Gasteiger partial charge in [0.1, 0.15) is 24.4 Å². The summed E-state index contributed by atoms with van der Waals surface area (Å²) in [7, 11) is 0. The van der Waals surface area contributed by atoms with Crippen LogP contribution in [-0.2, 0) is 28.4 Å². The third kappa shape index (κ3) is 5.25. The van der Waals surface area contributed by atoms with Gasteiger partial charge in [0.15, 0.2) is 12.2 Å². The van der Waals surface area contributed by atoms with Crippen LogP contribution in [0.3, 0.4) is 0 Å². The fraction of sp³-hybridized carbons (Fsp3) is 0.562. The summed E-state index contributed by atoms with van der Waals surface area (Å²) in [5.74, 6) is -4.14. The highest BCUT2D eigenvalue weighted by Gasteiger charge is 2.70. The Labute approximate surface area is 244 Å². The number of carbonyl (C=O) groups is 2. The summed E-state index contributed by atoms with van der Waals surface area (Å²) in [4.78, 5) is 26.4. The fourth-order valence-corrected chi connectivity index (χ4v) is 6.71. The van der Waals surface area contributed by atoms with Gasteiger partial charge in [0.05, 0.1) is 23.3 Å². The van der Waals surface area contributed by atoms with Gasteiger partial charge in [-0.3, -0.25) is 0 Å². The molecule has 1 saturated carbocycles. The molecule has 0 radical (unpaired) electrons. The van der Waals surface area contributed by atoms with E-state index >= 15 is 0 Å². The van der Waals surface area contributed by atoms with Crippen molar-refractivity contribution >= 4 is 11.9 Å². The minimum Gasteiger partial charge on any atom is -0.453 e. The molecule has 10 heteroatoms. The van der Waals surface area contributed by atoms with Gasteiger partial charge in [-0.2, -0.15) is 0 Å². The molecule has 226 valence electrons. The number of benzene rings is 2. The summed E-state index contributed by atoms with van der Waals surface area (Å²) in [6, 6.07) is 16.7. The Bertz CT molecular complexity index is 1160. The van der Waals surface area contributed by atoms with Crippen LogP contribution in [0.2, 0.25) is 0 Å². The van der Waals surface area contributed by atoms with E-state index < -0.39 is 60.1 Å². The lowest BCUT2D eigenvalue weighted by molar-refractivity contribution is -0.508. The maximum Gasteiger partial charge on any atom is 0.338 e. The van der Waals surface area contributed by atoms with Crippen LogP contribution < -0.4 is 0 Å². The summed E-state index contributed by atoms with van der Waals surface area (Å²) in [5, 5.41) is 22.8. The highest BCUT2D eigenvalue weighted by molar-refractivity contribution is 5.90. The number of ether oxygens (including phenoxy) is 6. The third-order valence-corrected chi connectivity index (χ3v) is 8.75. The van der Waals surface area contributed by atoms with Gasteiger partial charge in [0.25, 0.3) is 0 Å². The number of esters is 2. The predicted molar refractivity (Wildman–Crippen MR) is 147 cm³/mol. The molecule has 10 nitrogen and oxygen atoms in total. The van der Waals surface area contributed by atoms with Crippen LogP contribution in [0.4, 0.5) is 0 Å². The summed E-state index contributed by atoms with van der Waals surface area (Å²) in [6.45, 7) is 3.90. The molecule has 3 saturated heterocycles. The minimum atomic E-state index is -1.66. The monoisotopic (exact) mass is 582 g/mol. The summed E-state index contributed by atoms with van der Waals surface area (Å²) in [5.41, 5.74) is 0.534. The first-order valence-corrected chi connectivity index (χ1v) is 14.8. The largest absolute Gasteiger partial charge is 0.453 e. The summed E-state index contributed by atoms with van der Waals surface area (Å²) < 4.78 is 38.3. The molecule has 0 amide bonds. The normalized spacial score (nSPS) is 39.8. The van der Waals surface area contributed by atoms with Crippen LogP contribution >= 0.6 is 0 Å². The molecule has 4 aliphatic rings. The SMILES string of the molecule is C[C@H]1CCC[C@]2(O[C@@H]3[C@@H](O[C@]24CCC[C@H](C)O4)[C@@H](OC(=O)c2ccccc2)[C@@H](O)[C@H](O)[C@H]3OC(=O)c2ccccc2)O1. The number of rotatable bonds is 4. The van der Waals surface area contributed by atoms with Crippen LogP contribution in [0.1, 0.15) is 73.1 Å². The van der Waals surface area contributed by atoms with Crippen LogP contribution in [0.25, 0.3) is 0 Å². The molecule has 2 aromatic rings. The molecule has 2 aromatic carbocycles. The molecular weight excluding hydrogens is 544 g/mol. The van der Waals surface area contributed by atoms with E-state index in [0.717, 1.165) is 25.7 Å². The third-order valence-electron chi connectivity index (χ3n) is 8.75. The summed E-state index contributed by atoms with van der Waals surface area (Å²) >= 11 is 0. The molecular formula is C32H38O10. The van der Waals surface area contributed by atoms with E-state index in [-0.39, 0.29) is 23.3 Å². The van der Waals surface area contributed by atoms with Crippen molar-refractivity contribution in [3.05, 3.63) is 71.8 Å². The molecule has 42 heavy (non-hydrogen) atoms. The molecule has 6 rings (SSSR count). The Kier molecular flexibility index (Phi) is 8.12. The first-order chi connectivity index (χ1) is 20.2. The van der Waals surface area contributed by atoms with Crippen molar-refractivity contribution in [2.75, 3.05) is 0 Å². The van der Waals surface area contributed by atoms with E-state index in [2.05, 4.69) is 0 Å². The van der Waals surface area contributed by atoms with E-state index in [1.54, 1.807) is 60.7 Å². The van der Waals surface area contributed by atoms with Crippen molar-refractivity contribution < 1.29 is 48.2 Å². The molecule has 0 unspecified atom stereocenters. The van der Waals surface area contributed by atoms with Gasteiger partial charge in [0, 0.05) is 12.8 Å². The number of hydrogen-bond donors (Lipinski definition) is 2. The lowest BCUT2D eigenvalue weighted by atomic mass is 9.80. The zero-order valence-electron chi connectivity index (χ0n) is 23.8. The van der Waals surface area contributed by atoms with Gasteiger partial charge in [-0.1, -0.05) is 36.4 Å². The highest BCUT2D eigenvalue weighted by atomic mass is 16.8. The average molecular weight is 583 g/mol. The molecule has 3 heterocycles. The van der Waals surface area contributed by atoms with Gasteiger partial charge >= 0.3 is 11.9 Å². The van der Waals surface area contributed by atoms with Crippen LogP contribution in [0.5, 0.6) is 0 Å². The Morgan fingerprint density at radius 3 is 1.40 bits per heavy atom. The molecule has 3 aliphatic heterocycles. The Balaban J connectivity index is 1.39. The smallest absolute Gasteiger partial charge is 0.338 e. The second-order valence-corrected chi connectivity index (χ2v) is 11.8. The van der Waals surface area contributed by atoms with Crippen molar-refractivity contribution in [3.63, 3.8) is 0 Å². The highest BCUT2D eigenvalue weighted by Crippen LogP contribution is 2.53. The van der Waals surface area contributed by atoms with Gasteiger partial charge in [0.2, 0.25) is 11.6 Å². The second kappa shape index (κ2) is 11.7. The van der Waals surface area contributed by atoms with Crippen molar-refractivity contribution in [1.82, 2.24) is 0 Å². The molecule has 0 aromatic heterocycles. The van der Waals surface area contributed by atoms with Crippen molar-refractivity contribution in [3.8, 4) is 0 Å². The average Bonchev–Trinajstić information content (AvgIpc) is 2.99. The van der Waals surface area contributed by atoms with Gasteiger partial charge in [-0.25, -0.2) is 9.59 Å². The maximum absolute atomic E-state index is 13.2. The second-order valence-electron chi connectivity index (χ2n) is 11.8. The van der Waals surface area contributed by atoms with Crippen molar-refractivity contribution in [2.45, 2.75) is 113 Å². The number of fused-ring (bicyclic) bond motifs is 2. The summed E-state index contributed by atoms with van der Waals surface area (Å²) in [6.07, 6.45) is -4.63. The molecule has 4 fully saturated rings. The fourth-order valence-electron chi connectivity index (χ4n) is 6.71. The molecule has 2 N–H and O–H groups in total. The predicted octanol–water partition coefficient (Wildman–Crippen LogP) is 3.53. The van der Waals surface area contributed by atoms with Gasteiger partial charge in [-0.15, -0.1) is 0 Å². The van der Waals surface area contributed by atoms with Crippen LogP contribution in [-0.4, -0.2) is 82.6 Å². The van der Waals surface area contributed by atoms with Crippen molar-refractivity contribution in [1.29, 1.82) is 0 Å². The number of aliphatic hydroxyl groups excluding tert-OH is 2. The van der Waals surface area contributed by atoms with Crippen LogP contribution in [0, 0.1) is 0 Å². The van der Waals surface area contributed by atoms with Crippen molar-refractivity contribution in [2.24, 2.45) is 0 Å². The lowest BCUT2D eigenvalue weighted by Gasteiger charge is -2.62. The lowest BCUT2D eigenvalue weighted by Crippen LogP contribution is -2.78. The number of carbonyl (C=O) groups excluding carboxylic acids is 2. The molecule has 0 bridgehead atoms. The van der Waals surface area contributed by atoms with E-state index in [1.807, 2.05) is 13.8 Å². The Hall–Kier alpha value is -2.86. The molecule has 10 atom stereocenters. The molecule has 2 spiro atoms. The Morgan fingerprint density at radius 2 is 1.05 bits per heavy atom. The number of aliphatic hydroxyl groups is 2. The maximum atomic E-state index is 13.2.